The SMILES string of the molecule is CN(Cc1cccc(OC(F)F)c1)C(=O)CCl. The second kappa shape index (κ2) is 6.39. The molecule has 0 unspecified atom stereocenters. The molecule has 0 saturated carbocycles. The van der Waals surface area contributed by atoms with Crippen molar-refractivity contribution in [3.63, 3.8) is 0 Å². The maximum atomic E-state index is 12.0. The van der Waals surface area contributed by atoms with Gasteiger partial charge in [0.2, 0.25) is 5.91 Å². The molecule has 17 heavy (non-hydrogen) atoms. The molecule has 94 valence electrons. The van der Waals surface area contributed by atoms with E-state index in [4.69, 9.17) is 11.6 Å². The van der Waals surface area contributed by atoms with E-state index >= 15 is 0 Å². The van der Waals surface area contributed by atoms with Gasteiger partial charge >= 0.3 is 6.61 Å². The number of benzene rings is 1. The normalized spacial score (nSPS) is 10.4. The van der Waals surface area contributed by atoms with E-state index < -0.39 is 6.61 Å². The highest BCUT2D eigenvalue weighted by Gasteiger charge is 2.09. The van der Waals surface area contributed by atoms with Crippen molar-refractivity contribution in [2.75, 3.05) is 12.9 Å². The molecule has 0 N–H and O–H groups in total. The predicted octanol–water partition coefficient (Wildman–Crippen LogP) is 2.49. The molecular weight excluding hydrogens is 252 g/mol. The first-order valence-electron chi connectivity index (χ1n) is 4.86. The molecule has 0 aliphatic rings. The zero-order chi connectivity index (χ0) is 12.8. The number of rotatable bonds is 5. The summed E-state index contributed by atoms with van der Waals surface area (Å²) >= 11 is 5.40. The lowest BCUT2D eigenvalue weighted by Crippen LogP contribution is -2.27. The van der Waals surface area contributed by atoms with Crippen LogP contribution in [0.25, 0.3) is 0 Å². The first-order valence-corrected chi connectivity index (χ1v) is 5.40. The molecule has 0 saturated heterocycles. The standard InChI is InChI=1S/C11H12ClF2NO2/c1-15(10(16)6-12)7-8-3-2-4-9(5-8)17-11(13)14/h2-5,11H,6-7H2,1H3. The fraction of sp³-hybridized carbons (Fsp3) is 0.364. The lowest BCUT2D eigenvalue weighted by atomic mass is 10.2. The molecule has 0 radical (unpaired) electrons. The quantitative estimate of drug-likeness (QED) is 0.764. The van der Waals surface area contributed by atoms with Crippen LogP contribution in [0.3, 0.4) is 0 Å². The topological polar surface area (TPSA) is 29.5 Å². The van der Waals surface area contributed by atoms with Crippen molar-refractivity contribution in [1.29, 1.82) is 0 Å². The number of nitrogens with zero attached hydrogens (tertiary/aromatic N) is 1. The minimum atomic E-state index is -2.85. The summed E-state index contributed by atoms with van der Waals surface area (Å²) in [5, 5.41) is 0. The van der Waals surface area contributed by atoms with E-state index in [1.165, 1.54) is 17.0 Å². The number of alkyl halides is 3. The van der Waals surface area contributed by atoms with Gasteiger partial charge in [0.05, 0.1) is 0 Å². The summed E-state index contributed by atoms with van der Waals surface area (Å²) < 4.78 is 28.2. The highest BCUT2D eigenvalue weighted by atomic mass is 35.5. The van der Waals surface area contributed by atoms with Gasteiger partial charge in [-0.05, 0) is 17.7 Å². The molecule has 1 aromatic rings. The van der Waals surface area contributed by atoms with Crippen molar-refractivity contribution >= 4 is 17.5 Å². The lowest BCUT2D eigenvalue weighted by molar-refractivity contribution is -0.127. The summed E-state index contributed by atoms with van der Waals surface area (Å²) in [6, 6.07) is 6.20. The third-order valence-electron chi connectivity index (χ3n) is 2.08. The molecule has 1 amide bonds. The number of halogens is 3. The van der Waals surface area contributed by atoms with Crippen LogP contribution in [-0.2, 0) is 11.3 Å². The predicted molar refractivity (Wildman–Crippen MR) is 60.3 cm³/mol. The van der Waals surface area contributed by atoms with Crippen molar-refractivity contribution in [3.8, 4) is 5.75 Å². The number of carbonyl (C=O) groups excluding carboxylic acids is 1. The summed E-state index contributed by atoms with van der Waals surface area (Å²) in [6.45, 7) is -2.56. The molecule has 0 aliphatic heterocycles. The van der Waals surface area contributed by atoms with Gasteiger partial charge in [0.15, 0.2) is 0 Å². The molecule has 0 bridgehead atoms. The molecule has 6 heteroatoms. The van der Waals surface area contributed by atoms with Crippen molar-refractivity contribution in [1.82, 2.24) is 4.90 Å². The highest BCUT2D eigenvalue weighted by Crippen LogP contribution is 2.16. The molecule has 1 aromatic carbocycles. The smallest absolute Gasteiger partial charge is 0.387 e. The molecule has 0 spiro atoms. The summed E-state index contributed by atoms with van der Waals surface area (Å²) in [4.78, 5) is 12.6. The minimum Gasteiger partial charge on any atom is -0.435 e. The number of amides is 1. The van der Waals surface area contributed by atoms with Gasteiger partial charge in [-0.25, -0.2) is 0 Å². The third kappa shape index (κ3) is 4.56. The van der Waals surface area contributed by atoms with Gasteiger partial charge in [0, 0.05) is 13.6 Å². The maximum absolute atomic E-state index is 12.0. The maximum Gasteiger partial charge on any atom is 0.387 e. The van der Waals surface area contributed by atoms with Crippen LogP contribution in [0.4, 0.5) is 8.78 Å². The van der Waals surface area contributed by atoms with E-state index in [1.54, 1.807) is 19.2 Å². The minimum absolute atomic E-state index is 0.0734. The Morgan fingerprint density at radius 2 is 2.24 bits per heavy atom. The van der Waals surface area contributed by atoms with Crippen LogP contribution < -0.4 is 4.74 Å². The van der Waals surface area contributed by atoms with Crippen molar-refractivity contribution < 1.29 is 18.3 Å². The van der Waals surface area contributed by atoms with Crippen LogP contribution in [0, 0.1) is 0 Å². The van der Waals surface area contributed by atoms with Gasteiger partial charge < -0.3 is 9.64 Å². The number of hydrogen-bond acceptors (Lipinski definition) is 2. The van der Waals surface area contributed by atoms with E-state index in [0.29, 0.717) is 12.1 Å². The monoisotopic (exact) mass is 263 g/mol. The number of hydrogen-bond donors (Lipinski definition) is 0. The van der Waals surface area contributed by atoms with E-state index in [1.807, 2.05) is 0 Å². The summed E-state index contributed by atoms with van der Waals surface area (Å²) in [5.41, 5.74) is 0.698. The molecule has 1 rings (SSSR count). The zero-order valence-corrected chi connectivity index (χ0v) is 9.95. The van der Waals surface area contributed by atoms with Crippen LogP contribution >= 0.6 is 11.6 Å². The Labute approximate surface area is 103 Å². The molecule has 0 fully saturated rings. The third-order valence-corrected chi connectivity index (χ3v) is 2.31. The van der Waals surface area contributed by atoms with E-state index in [0.717, 1.165) is 0 Å². The van der Waals surface area contributed by atoms with Gasteiger partial charge in [-0.3, -0.25) is 4.79 Å². The number of ether oxygens (including phenoxy) is 1. The molecule has 0 heterocycles. The van der Waals surface area contributed by atoms with E-state index in [-0.39, 0.29) is 17.5 Å². The molecule has 0 aromatic heterocycles. The largest absolute Gasteiger partial charge is 0.435 e. The Bertz CT molecular complexity index is 387. The zero-order valence-electron chi connectivity index (χ0n) is 9.20. The van der Waals surface area contributed by atoms with Gasteiger partial charge in [0.1, 0.15) is 11.6 Å². The first kappa shape index (κ1) is 13.7. The van der Waals surface area contributed by atoms with Crippen LogP contribution in [0.5, 0.6) is 5.75 Å². The van der Waals surface area contributed by atoms with E-state index in [9.17, 15) is 13.6 Å². The lowest BCUT2D eigenvalue weighted by Gasteiger charge is -2.16. The van der Waals surface area contributed by atoms with E-state index in [2.05, 4.69) is 4.74 Å². The number of carbonyl (C=O) groups is 1. The van der Waals surface area contributed by atoms with Crippen molar-refractivity contribution in [3.05, 3.63) is 29.8 Å². The van der Waals surface area contributed by atoms with Gasteiger partial charge in [0.25, 0.3) is 0 Å². The van der Waals surface area contributed by atoms with Crippen molar-refractivity contribution in [2.45, 2.75) is 13.2 Å². The Morgan fingerprint density at radius 1 is 1.53 bits per heavy atom. The van der Waals surface area contributed by atoms with Crippen LogP contribution in [0.2, 0.25) is 0 Å². The van der Waals surface area contributed by atoms with Crippen LogP contribution in [-0.4, -0.2) is 30.3 Å². The molecule has 0 atom stereocenters. The fourth-order valence-electron chi connectivity index (χ4n) is 1.28. The summed E-state index contributed by atoms with van der Waals surface area (Å²) in [7, 11) is 1.59. The first-order chi connectivity index (χ1) is 8.02. The Hall–Kier alpha value is -1.36. The second-order valence-corrected chi connectivity index (χ2v) is 3.68. The molecule has 0 aliphatic carbocycles. The molecular formula is C11H12ClF2NO2. The Morgan fingerprint density at radius 3 is 2.82 bits per heavy atom. The summed E-state index contributed by atoms with van der Waals surface area (Å²) in [6.07, 6.45) is 0. The van der Waals surface area contributed by atoms with Gasteiger partial charge in [-0.2, -0.15) is 8.78 Å². The highest BCUT2D eigenvalue weighted by molar-refractivity contribution is 6.27. The van der Waals surface area contributed by atoms with Crippen LogP contribution in [0.15, 0.2) is 24.3 Å². The van der Waals surface area contributed by atoms with Crippen molar-refractivity contribution in [2.24, 2.45) is 0 Å². The molecule has 3 nitrogen and oxygen atoms in total. The average Bonchev–Trinajstić information content (AvgIpc) is 2.27. The average molecular weight is 264 g/mol. The summed E-state index contributed by atoms with van der Waals surface area (Å²) in [5.74, 6) is -0.264. The van der Waals surface area contributed by atoms with Gasteiger partial charge in [-0.1, -0.05) is 12.1 Å². The second-order valence-electron chi connectivity index (χ2n) is 3.41. The Kier molecular flexibility index (Phi) is 5.15. The Balaban J connectivity index is 2.68. The van der Waals surface area contributed by atoms with Crippen LogP contribution in [0.1, 0.15) is 5.56 Å². The fourth-order valence-corrected chi connectivity index (χ4v) is 1.49. The van der Waals surface area contributed by atoms with Gasteiger partial charge in [-0.15, -0.1) is 11.6 Å².